The second-order valence-corrected chi connectivity index (χ2v) is 7.08. The molecule has 1 aromatic heterocycles. The second-order valence-electron chi connectivity index (χ2n) is 6.13. The van der Waals surface area contributed by atoms with Crippen LogP contribution in [0.2, 0.25) is 0 Å². The molecule has 1 heterocycles. The van der Waals surface area contributed by atoms with Gasteiger partial charge in [0.2, 0.25) is 0 Å². The third-order valence-electron chi connectivity index (χ3n) is 2.93. The van der Waals surface area contributed by atoms with Gasteiger partial charge in [-0.1, -0.05) is 19.9 Å². The Morgan fingerprint density at radius 2 is 2.00 bits per heavy atom. The van der Waals surface area contributed by atoms with Crippen molar-refractivity contribution in [1.29, 1.82) is 0 Å². The summed E-state index contributed by atoms with van der Waals surface area (Å²) in [6.07, 6.45) is 2.21. The highest BCUT2D eigenvalue weighted by molar-refractivity contribution is 7.10. The number of thiophene rings is 1. The van der Waals surface area contributed by atoms with Crippen molar-refractivity contribution in [2.24, 2.45) is 5.73 Å². The van der Waals surface area contributed by atoms with Gasteiger partial charge in [0, 0.05) is 22.4 Å². The summed E-state index contributed by atoms with van der Waals surface area (Å²) in [5.41, 5.74) is 6.15. The molecule has 0 fully saturated rings. The van der Waals surface area contributed by atoms with E-state index < -0.39 is 0 Å². The molecule has 0 radical (unpaired) electrons. The maximum atomic E-state index is 5.95. The quantitative estimate of drug-likeness (QED) is 0.734. The molecule has 0 unspecified atom stereocenters. The third-order valence-corrected chi connectivity index (χ3v) is 4.17. The van der Waals surface area contributed by atoms with Crippen molar-refractivity contribution in [3.8, 4) is 0 Å². The van der Waals surface area contributed by atoms with Gasteiger partial charge in [-0.05, 0) is 44.7 Å². The number of rotatable bonds is 7. The number of nitrogens with two attached hydrogens (primary N) is 1. The van der Waals surface area contributed by atoms with Crippen LogP contribution in [-0.2, 0) is 5.41 Å². The molecule has 17 heavy (non-hydrogen) atoms. The smallest absolute Gasteiger partial charge is 0.0115 e. The fourth-order valence-electron chi connectivity index (χ4n) is 1.82. The van der Waals surface area contributed by atoms with Crippen LogP contribution in [-0.4, -0.2) is 18.6 Å². The lowest BCUT2D eigenvalue weighted by atomic mass is 9.91. The molecule has 2 nitrogen and oxygen atoms in total. The van der Waals surface area contributed by atoms with Gasteiger partial charge < -0.3 is 11.1 Å². The van der Waals surface area contributed by atoms with Crippen LogP contribution in [0.15, 0.2) is 17.5 Å². The predicted molar refractivity (Wildman–Crippen MR) is 77.7 cm³/mol. The summed E-state index contributed by atoms with van der Waals surface area (Å²) in [6.45, 7) is 10.8. The highest BCUT2D eigenvalue weighted by Crippen LogP contribution is 2.26. The van der Waals surface area contributed by atoms with Crippen LogP contribution < -0.4 is 11.1 Å². The lowest BCUT2D eigenvalue weighted by Crippen LogP contribution is -2.35. The van der Waals surface area contributed by atoms with Gasteiger partial charge in [-0.25, -0.2) is 0 Å². The van der Waals surface area contributed by atoms with E-state index in [1.54, 1.807) is 0 Å². The minimum absolute atomic E-state index is 0.0368. The Kier molecular flexibility index (Phi) is 5.17. The van der Waals surface area contributed by atoms with E-state index in [0.717, 1.165) is 25.9 Å². The molecule has 1 aromatic rings. The van der Waals surface area contributed by atoms with E-state index in [9.17, 15) is 0 Å². The van der Waals surface area contributed by atoms with Gasteiger partial charge in [0.25, 0.3) is 0 Å². The first-order valence-electron chi connectivity index (χ1n) is 6.35. The molecule has 3 heteroatoms. The predicted octanol–water partition coefficient (Wildman–Crippen LogP) is 3.13. The van der Waals surface area contributed by atoms with Crippen LogP contribution in [0.4, 0.5) is 0 Å². The molecule has 1 rings (SSSR count). The Labute approximate surface area is 110 Å². The zero-order valence-corrected chi connectivity index (χ0v) is 12.4. The van der Waals surface area contributed by atoms with E-state index in [1.807, 2.05) is 11.3 Å². The van der Waals surface area contributed by atoms with Crippen LogP contribution in [0, 0.1) is 0 Å². The molecule has 0 saturated heterocycles. The number of hydrogen-bond donors (Lipinski definition) is 2. The molecule has 0 bridgehead atoms. The third kappa shape index (κ3) is 5.66. The Balaban J connectivity index is 2.23. The molecular formula is C14H26N2S. The van der Waals surface area contributed by atoms with Crippen molar-refractivity contribution in [1.82, 2.24) is 5.32 Å². The average molecular weight is 254 g/mol. The molecule has 0 amide bonds. The summed E-state index contributed by atoms with van der Waals surface area (Å²) in [5.74, 6) is 0. The van der Waals surface area contributed by atoms with Crippen molar-refractivity contribution >= 4 is 11.3 Å². The maximum Gasteiger partial charge on any atom is 0.0115 e. The van der Waals surface area contributed by atoms with Gasteiger partial charge in [-0.2, -0.15) is 0 Å². The van der Waals surface area contributed by atoms with E-state index >= 15 is 0 Å². The van der Waals surface area contributed by atoms with E-state index in [0.29, 0.717) is 0 Å². The summed E-state index contributed by atoms with van der Waals surface area (Å²) in [4.78, 5) is 1.45. The first-order valence-corrected chi connectivity index (χ1v) is 7.23. The van der Waals surface area contributed by atoms with Crippen LogP contribution in [0.25, 0.3) is 0 Å². The number of nitrogens with one attached hydrogen (secondary N) is 1. The highest BCUT2D eigenvalue weighted by atomic mass is 32.1. The van der Waals surface area contributed by atoms with Gasteiger partial charge >= 0.3 is 0 Å². The fourth-order valence-corrected chi connectivity index (χ4v) is 2.67. The Bertz CT molecular complexity index is 309. The Hall–Kier alpha value is -0.380. The molecule has 0 aromatic carbocycles. The maximum absolute atomic E-state index is 5.95. The molecule has 0 atom stereocenters. The topological polar surface area (TPSA) is 38.0 Å². The van der Waals surface area contributed by atoms with Gasteiger partial charge in [-0.15, -0.1) is 11.3 Å². The van der Waals surface area contributed by atoms with Crippen molar-refractivity contribution in [3.05, 3.63) is 22.4 Å². The van der Waals surface area contributed by atoms with Crippen LogP contribution in [0.5, 0.6) is 0 Å². The highest BCUT2D eigenvalue weighted by Gasteiger charge is 2.20. The van der Waals surface area contributed by atoms with Crippen molar-refractivity contribution in [2.45, 2.75) is 51.5 Å². The molecule has 0 saturated carbocycles. The molecule has 3 N–H and O–H groups in total. The SMILES string of the molecule is CC(C)(N)CCCNCC(C)(C)c1cccs1. The monoisotopic (exact) mass is 254 g/mol. The van der Waals surface area contributed by atoms with Crippen molar-refractivity contribution in [2.75, 3.05) is 13.1 Å². The summed E-state index contributed by atoms with van der Waals surface area (Å²) in [7, 11) is 0. The fraction of sp³-hybridized carbons (Fsp3) is 0.714. The van der Waals surface area contributed by atoms with Crippen molar-refractivity contribution in [3.63, 3.8) is 0 Å². The lowest BCUT2D eigenvalue weighted by Gasteiger charge is -2.24. The average Bonchev–Trinajstić information content (AvgIpc) is 2.68. The minimum atomic E-state index is -0.0368. The van der Waals surface area contributed by atoms with E-state index in [2.05, 4.69) is 50.5 Å². The second kappa shape index (κ2) is 5.98. The summed E-state index contributed by atoms with van der Waals surface area (Å²) < 4.78 is 0. The largest absolute Gasteiger partial charge is 0.326 e. The number of hydrogen-bond acceptors (Lipinski definition) is 3. The van der Waals surface area contributed by atoms with Crippen LogP contribution in [0.1, 0.15) is 45.4 Å². The Morgan fingerprint density at radius 1 is 1.29 bits per heavy atom. The normalized spacial score (nSPS) is 13.0. The summed E-state index contributed by atoms with van der Waals surface area (Å²) >= 11 is 1.84. The van der Waals surface area contributed by atoms with E-state index in [4.69, 9.17) is 5.73 Å². The summed E-state index contributed by atoms with van der Waals surface area (Å²) in [6, 6.07) is 4.34. The van der Waals surface area contributed by atoms with Gasteiger partial charge in [0.05, 0.1) is 0 Å². The van der Waals surface area contributed by atoms with Crippen LogP contribution in [0.3, 0.4) is 0 Å². The lowest BCUT2D eigenvalue weighted by molar-refractivity contribution is 0.426. The summed E-state index contributed by atoms with van der Waals surface area (Å²) in [5, 5.41) is 5.68. The molecule has 0 aliphatic rings. The zero-order chi connectivity index (χ0) is 12.9. The Morgan fingerprint density at radius 3 is 2.53 bits per heavy atom. The molecule has 0 aliphatic carbocycles. The van der Waals surface area contributed by atoms with Crippen LogP contribution >= 0.6 is 11.3 Å². The van der Waals surface area contributed by atoms with Crippen molar-refractivity contribution < 1.29 is 0 Å². The first-order chi connectivity index (χ1) is 7.81. The van der Waals surface area contributed by atoms with E-state index in [1.165, 1.54) is 4.88 Å². The van der Waals surface area contributed by atoms with Gasteiger partial charge in [0.15, 0.2) is 0 Å². The zero-order valence-electron chi connectivity index (χ0n) is 11.5. The molecule has 0 aliphatic heterocycles. The molecule has 0 spiro atoms. The molecule has 98 valence electrons. The minimum Gasteiger partial charge on any atom is -0.326 e. The molecular weight excluding hydrogens is 228 g/mol. The standard InChI is InChI=1S/C14H26N2S/c1-13(2,12-7-5-10-17-12)11-16-9-6-8-14(3,4)15/h5,7,10,16H,6,8-9,11,15H2,1-4H3. The van der Waals surface area contributed by atoms with Gasteiger partial charge in [0.1, 0.15) is 0 Å². The van der Waals surface area contributed by atoms with Gasteiger partial charge in [-0.3, -0.25) is 0 Å². The van der Waals surface area contributed by atoms with E-state index in [-0.39, 0.29) is 11.0 Å². The first kappa shape index (κ1) is 14.7.